The molecule has 0 saturated heterocycles. The molecular weight excluding hydrogens is 386 g/mol. The fourth-order valence-electron chi connectivity index (χ4n) is 2.77. The molecule has 1 atom stereocenters. The number of rotatable bonds is 10. The second-order valence-corrected chi connectivity index (χ2v) is 7.11. The molecule has 1 N–H and O–H groups in total. The molecule has 0 aliphatic rings. The number of ether oxygens (including phenoxy) is 3. The third kappa shape index (κ3) is 7.58. The lowest BCUT2D eigenvalue weighted by atomic mass is 10.0. The Morgan fingerprint density at radius 3 is 2.13 bits per heavy atom. The Morgan fingerprint density at radius 1 is 0.900 bits per heavy atom. The van der Waals surface area contributed by atoms with Gasteiger partial charge in [0.05, 0.1) is 7.11 Å². The molecule has 1 amide bonds. The van der Waals surface area contributed by atoms with Crippen LogP contribution in [0.4, 0.5) is 0 Å². The maximum absolute atomic E-state index is 12.0. The smallest absolute Gasteiger partial charge is 0.344 e. The van der Waals surface area contributed by atoms with Gasteiger partial charge < -0.3 is 19.5 Å². The third-order valence-corrected chi connectivity index (χ3v) is 4.21. The zero-order valence-electron chi connectivity index (χ0n) is 17.4. The van der Waals surface area contributed by atoms with Gasteiger partial charge in [0.1, 0.15) is 11.8 Å². The summed E-state index contributed by atoms with van der Waals surface area (Å²) in [6.45, 7) is 3.02. The Kier molecular flexibility index (Phi) is 8.87. The van der Waals surface area contributed by atoms with E-state index in [0.29, 0.717) is 12.2 Å². The SMILES string of the molecule is COC(=O)[C@@H](CC(C)C)NC(=O)COC(=O)COc1ccc(-c2ccccc2)cc1. The lowest BCUT2D eigenvalue weighted by Crippen LogP contribution is -2.44. The van der Waals surface area contributed by atoms with Crippen LogP contribution in [0.2, 0.25) is 0 Å². The number of benzene rings is 2. The topological polar surface area (TPSA) is 90.9 Å². The van der Waals surface area contributed by atoms with Crippen LogP contribution in [0.1, 0.15) is 20.3 Å². The monoisotopic (exact) mass is 413 g/mol. The van der Waals surface area contributed by atoms with E-state index < -0.39 is 30.5 Å². The molecule has 0 saturated carbocycles. The van der Waals surface area contributed by atoms with Gasteiger partial charge in [-0.05, 0) is 35.6 Å². The molecule has 160 valence electrons. The van der Waals surface area contributed by atoms with Gasteiger partial charge in [-0.1, -0.05) is 56.3 Å². The van der Waals surface area contributed by atoms with Crippen molar-refractivity contribution >= 4 is 17.8 Å². The number of nitrogens with one attached hydrogen (secondary N) is 1. The van der Waals surface area contributed by atoms with Crippen molar-refractivity contribution in [1.82, 2.24) is 5.32 Å². The molecule has 2 aromatic rings. The quantitative estimate of drug-likeness (QED) is 0.602. The van der Waals surface area contributed by atoms with Crippen LogP contribution in [0.3, 0.4) is 0 Å². The van der Waals surface area contributed by atoms with Crippen molar-refractivity contribution in [1.29, 1.82) is 0 Å². The van der Waals surface area contributed by atoms with Crippen molar-refractivity contribution in [3.63, 3.8) is 0 Å². The van der Waals surface area contributed by atoms with Gasteiger partial charge in [0.2, 0.25) is 0 Å². The van der Waals surface area contributed by atoms with E-state index in [0.717, 1.165) is 11.1 Å². The maximum Gasteiger partial charge on any atom is 0.344 e. The van der Waals surface area contributed by atoms with E-state index in [4.69, 9.17) is 9.47 Å². The number of hydrogen-bond donors (Lipinski definition) is 1. The summed E-state index contributed by atoms with van der Waals surface area (Å²) >= 11 is 0. The first-order valence-corrected chi connectivity index (χ1v) is 9.70. The van der Waals surface area contributed by atoms with E-state index >= 15 is 0 Å². The highest BCUT2D eigenvalue weighted by atomic mass is 16.6. The van der Waals surface area contributed by atoms with Crippen molar-refractivity contribution in [3.05, 3.63) is 54.6 Å². The first-order chi connectivity index (χ1) is 14.4. The minimum Gasteiger partial charge on any atom is -0.482 e. The largest absolute Gasteiger partial charge is 0.482 e. The lowest BCUT2D eigenvalue weighted by Gasteiger charge is -2.18. The van der Waals surface area contributed by atoms with Crippen LogP contribution in [-0.4, -0.2) is 44.2 Å². The molecule has 7 heteroatoms. The molecule has 7 nitrogen and oxygen atoms in total. The zero-order valence-corrected chi connectivity index (χ0v) is 17.4. The number of carbonyl (C=O) groups is 3. The van der Waals surface area contributed by atoms with Crippen LogP contribution in [0.25, 0.3) is 11.1 Å². The van der Waals surface area contributed by atoms with Crippen LogP contribution in [0.5, 0.6) is 5.75 Å². The van der Waals surface area contributed by atoms with E-state index in [1.54, 1.807) is 12.1 Å². The highest BCUT2D eigenvalue weighted by Gasteiger charge is 2.23. The minimum absolute atomic E-state index is 0.179. The summed E-state index contributed by atoms with van der Waals surface area (Å²) in [7, 11) is 1.26. The first kappa shape index (κ1) is 22.9. The molecule has 30 heavy (non-hydrogen) atoms. The lowest BCUT2D eigenvalue weighted by molar-refractivity contribution is -0.151. The number of methoxy groups -OCH3 is 1. The summed E-state index contributed by atoms with van der Waals surface area (Å²) in [5, 5.41) is 2.52. The van der Waals surface area contributed by atoms with Crippen molar-refractivity contribution in [2.75, 3.05) is 20.3 Å². The predicted octanol–water partition coefficient (Wildman–Crippen LogP) is 2.98. The van der Waals surface area contributed by atoms with Crippen LogP contribution >= 0.6 is 0 Å². The summed E-state index contributed by atoms with van der Waals surface area (Å²) in [6.07, 6.45) is 0.425. The molecule has 0 spiro atoms. The fraction of sp³-hybridized carbons (Fsp3) is 0.348. The Hall–Kier alpha value is -3.35. The molecule has 0 heterocycles. The molecule has 0 aliphatic carbocycles. The van der Waals surface area contributed by atoms with Gasteiger partial charge in [-0.3, -0.25) is 4.79 Å². The molecule has 2 rings (SSSR count). The molecule has 2 aromatic carbocycles. The molecule has 0 radical (unpaired) electrons. The van der Waals surface area contributed by atoms with Gasteiger partial charge in [0.25, 0.3) is 5.91 Å². The van der Waals surface area contributed by atoms with Crippen LogP contribution in [0.15, 0.2) is 54.6 Å². The standard InChI is InChI=1S/C23H27NO6/c1-16(2)13-20(23(27)28-3)24-21(25)14-30-22(26)15-29-19-11-9-18(10-12-19)17-7-5-4-6-8-17/h4-12,16,20H,13-15H2,1-3H3,(H,24,25)/t20-/m1/s1. The van der Waals surface area contributed by atoms with Gasteiger partial charge >= 0.3 is 11.9 Å². The minimum atomic E-state index is -0.777. The van der Waals surface area contributed by atoms with Crippen LogP contribution in [0, 0.1) is 5.92 Å². The van der Waals surface area contributed by atoms with Gasteiger partial charge in [0.15, 0.2) is 13.2 Å². The Balaban J connectivity index is 1.76. The second-order valence-electron chi connectivity index (χ2n) is 7.11. The second kappa shape index (κ2) is 11.6. The fourth-order valence-corrected chi connectivity index (χ4v) is 2.77. The van der Waals surface area contributed by atoms with Gasteiger partial charge in [-0.25, -0.2) is 9.59 Å². The molecule has 0 unspecified atom stereocenters. The highest BCUT2D eigenvalue weighted by Crippen LogP contribution is 2.22. The van der Waals surface area contributed by atoms with Gasteiger partial charge in [-0.2, -0.15) is 0 Å². The summed E-state index contributed by atoms with van der Waals surface area (Å²) in [4.78, 5) is 35.5. The van der Waals surface area contributed by atoms with Gasteiger partial charge in [0, 0.05) is 0 Å². The van der Waals surface area contributed by atoms with Crippen molar-refractivity contribution in [3.8, 4) is 16.9 Å². The van der Waals surface area contributed by atoms with E-state index in [1.807, 2.05) is 56.3 Å². The molecule has 0 bridgehead atoms. The Labute approximate surface area is 176 Å². The zero-order chi connectivity index (χ0) is 21.9. The summed E-state index contributed by atoms with van der Waals surface area (Å²) in [5.74, 6) is -1.11. The normalized spacial score (nSPS) is 11.5. The number of amides is 1. The number of hydrogen-bond acceptors (Lipinski definition) is 6. The average Bonchev–Trinajstić information content (AvgIpc) is 2.76. The number of esters is 2. The summed E-state index contributed by atoms with van der Waals surface area (Å²) in [5.41, 5.74) is 2.11. The van der Waals surface area contributed by atoms with Gasteiger partial charge in [-0.15, -0.1) is 0 Å². The molecular formula is C23H27NO6. The van der Waals surface area contributed by atoms with Crippen molar-refractivity contribution < 1.29 is 28.6 Å². The highest BCUT2D eigenvalue weighted by molar-refractivity contribution is 5.86. The Bertz CT molecular complexity index is 833. The Morgan fingerprint density at radius 2 is 1.53 bits per heavy atom. The molecule has 0 aromatic heterocycles. The molecule has 0 fully saturated rings. The summed E-state index contributed by atoms with van der Waals surface area (Å²) in [6, 6.07) is 16.4. The van der Waals surface area contributed by atoms with Crippen molar-refractivity contribution in [2.24, 2.45) is 5.92 Å². The predicted molar refractivity (Wildman–Crippen MR) is 112 cm³/mol. The van der Waals surface area contributed by atoms with E-state index in [1.165, 1.54) is 7.11 Å². The summed E-state index contributed by atoms with van der Waals surface area (Å²) < 4.78 is 15.0. The van der Waals surface area contributed by atoms with E-state index in [-0.39, 0.29) is 12.5 Å². The van der Waals surface area contributed by atoms with E-state index in [2.05, 4.69) is 10.1 Å². The molecule has 0 aliphatic heterocycles. The number of carbonyl (C=O) groups excluding carboxylic acids is 3. The van der Waals surface area contributed by atoms with E-state index in [9.17, 15) is 14.4 Å². The van der Waals surface area contributed by atoms with Crippen molar-refractivity contribution in [2.45, 2.75) is 26.3 Å². The third-order valence-electron chi connectivity index (χ3n) is 4.21. The maximum atomic E-state index is 12.0. The first-order valence-electron chi connectivity index (χ1n) is 9.70. The van der Waals surface area contributed by atoms with Crippen LogP contribution < -0.4 is 10.1 Å². The van der Waals surface area contributed by atoms with Crippen LogP contribution in [-0.2, 0) is 23.9 Å². The average molecular weight is 413 g/mol.